The minimum absolute atomic E-state index is 0.0684. The third kappa shape index (κ3) is 4.87. The summed E-state index contributed by atoms with van der Waals surface area (Å²) in [6.45, 7) is 8.84. The van der Waals surface area contributed by atoms with Gasteiger partial charge >= 0.3 is 0 Å². The molecule has 4 rings (SSSR count). The fourth-order valence-corrected chi connectivity index (χ4v) is 5.17. The summed E-state index contributed by atoms with van der Waals surface area (Å²) >= 11 is 1.50. The Bertz CT molecular complexity index is 905. The highest BCUT2D eigenvalue weighted by Crippen LogP contribution is 2.36. The van der Waals surface area contributed by atoms with Crippen LogP contribution in [0.1, 0.15) is 37.3 Å². The van der Waals surface area contributed by atoms with E-state index in [1.54, 1.807) is 0 Å². The molecular weight excluding hydrogens is 394 g/mol. The summed E-state index contributed by atoms with van der Waals surface area (Å²) in [7, 11) is 0. The normalized spacial score (nSPS) is 19.5. The molecule has 0 aliphatic carbocycles. The van der Waals surface area contributed by atoms with Crippen LogP contribution in [-0.2, 0) is 16.1 Å². The Balaban J connectivity index is 1.27. The van der Waals surface area contributed by atoms with E-state index >= 15 is 0 Å². The maximum atomic E-state index is 12.8. The largest absolute Gasteiger partial charge is 0.331 e. The van der Waals surface area contributed by atoms with Crippen LogP contribution < -0.4 is 10.2 Å². The molecule has 2 N–H and O–H groups in total. The van der Waals surface area contributed by atoms with Crippen molar-refractivity contribution in [3.8, 4) is 0 Å². The number of para-hydroxylation sites is 1. The predicted molar refractivity (Wildman–Crippen MR) is 121 cm³/mol. The summed E-state index contributed by atoms with van der Waals surface area (Å²) in [6.07, 6.45) is 0.261. The van der Waals surface area contributed by atoms with Crippen LogP contribution in [0.25, 0.3) is 0 Å². The van der Waals surface area contributed by atoms with Gasteiger partial charge in [0.05, 0.1) is 37.1 Å². The van der Waals surface area contributed by atoms with Gasteiger partial charge in [-0.15, -0.1) is 11.8 Å². The lowest BCUT2D eigenvalue weighted by Crippen LogP contribution is -3.13. The second kappa shape index (κ2) is 9.23. The summed E-state index contributed by atoms with van der Waals surface area (Å²) < 4.78 is 0. The molecule has 0 spiro atoms. The number of thioether (sulfide) groups is 1. The van der Waals surface area contributed by atoms with E-state index in [2.05, 4.69) is 43.4 Å². The zero-order valence-electron chi connectivity index (χ0n) is 17.7. The van der Waals surface area contributed by atoms with Crippen molar-refractivity contribution < 1.29 is 14.5 Å². The molecule has 0 saturated carbocycles. The van der Waals surface area contributed by atoms with E-state index in [9.17, 15) is 9.59 Å². The van der Waals surface area contributed by atoms with Crippen LogP contribution in [0.3, 0.4) is 0 Å². The molecule has 2 aliphatic heterocycles. The number of quaternary nitrogens is 1. The van der Waals surface area contributed by atoms with Crippen molar-refractivity contribution in [2.75, 3.05) is 31.5 Å². The van der Waals surface area contributed by atoms with Gasteiger partial charge in [0.15, 0.2) is 0 Å². The number of hydrogen-bond acceptors (Lipinski definition) is 3. The van der Waals surface area contributed by atoms with E-state index in [0.29, 0.717) is 5.92 Å². The number of amides is 2. The van der Waals surface area contributed by atoms with Gasteiger partial charge in [-0.1, -0.05) is 50.2 Å². The lowest BCUT2D eigenvalue weighted by Gasteiger charge is -2.33. The van der Waals surface area contributed by atoms with Gasteiger partial charge in [0.2, 0.25) is 11.8 Å². The standard InChI is InChI=1S/C24H29N3O2S/c1-17(2)19-9-7-18(8-10-19)16-26-11-13-27(14-12-26)23(28)15-22-24(29)25-20-5-3-4-6-21(20)30-22/h3-10,17,22H,11-16H2,1-2H3,(H,25,29)/p+1/t22-/m1/s1. The average Bonchev–Trinajstić information content (AvgIpc) is 2.75. The van der Waals surface area contributed by atoms with Gasteiger partial charge in [-0.05, 0) is 23.6 Å². The Morgan fingerprint density at radius 1 is 1.13 bits per heavy atom. The Kier molecular flexibility index (Phi) is 6.44. The van der Waals surface area contributed by atoms with Gasteiger partial charge in [-0.2, -0.15) is 0 Å². The van der Waals surface area contributed by atoms with Gasteiger partial charge in [0.1, 0.15) is 6.54 Å². The molecule has 158 valence electrons. The zero-order valence-corrected chi connectivity index (χ0v) is 18.5. The summed E-state index contributed by atoms with van der Waals surface area (Å²) in [4.78, 5) is 29.7. The first kappa shape index (κ1) is 20.9. The Morgan fingerprint density at radius 3 is 2.53 bits per heavy atom. The third-order valence-corrected chi connectivity index (χ3v) is 7.27. The second-order valence-corrected chi connectivity index (χ2v) is 9.74. The van der Waals surface area contributed by atoms with Crippen molar-refractivity contribution >= 4 is 29.3 Å². The maximum Gasteiger partial charge on any atom is 0.238 e. The first-order chi connectivity index (χ1) is 14.5. The molecule has 2 heterocycles. The highest BCUT2D eigenvalue weighted by atomic mass is 32.2. The van der Waals surface area contributed by atoms with Crippen molar-refractivity contribution in [1.29, 1.82) is 0 Å². The number of nitrogens with zero attached hydrogens (tertiary/aromatic N) is 1. The number of rotatable bonds is 5. The van der Waals surface area contributed by atoms with E-state index < -0.39 is 0 Å². The van der Waals surface area contributed by atoms with Crippen molar-refractivity contribution in [2.45, 2.75) is 42.9 Å². The quantitative estimate of drug-likeness (QED) is 0.776. The smallest absolute Gasteiger partial charge is 0.238 e. The number of carbonyl (C=O) groups excluding carboxylic acids is 2. The van der Waals surface area contributed by atoms with Crippen LogP contribution >= 0.6 is 11.8 Å². The van der Waals surface area contributed by atoms with Crippen molar-refractivity contribution in [1.82, 2.24) is 4.90 Å². The Labute approximate surface area is 182 Å². The summed E-state index contributed by atoms with van der Waals surface area (Å²) in [5.74, 6) is 0.572. The highest BCUT2D eigenvalue weighted by molar-refractivity contribution is 8.01. The monoisotopic (exact) mass is 424 g/mol. The van der Waals surface area contributed by atoms with Crippen LogP contribution in [0.15, 0.2) is 53.4 Å². The van der Waals surface area contributed by atoms with Crippen LogP contribution in [0.2, 0.25) is 0 Å². The number of hydrogen-bond donors (Lipinski definition) is 2. The molecule has 6 heteroatoms. The van der Waals surface area contributed by atoms with E-state index in [-0.39, 0.29) is 23.5 Å². The lowest BCUT2D eigenvalue weighted by molar-refractivity contribution is -0.917. The van der Waals surface area contributed by atoms with Gasteiger partial charge in [-0.25, -0.2) is 0 Å². The number of nitrogens with one attached hydrogen (secondary N) is 2. The van der Waals surface area contributed by atoms with Crippen LogP contribution in [0.4, 0.5) is 5.69 Å². The minimum atomic E-state index is -0.350. The predicted octanol–water partition coefficient (Wildman–Crippen LogP) is 2.54. The third-order valence-electron chi connectivity index (χ3n) is 5.99. The van der Waals surface area contributed by atoms with Crippen molar-refractivity contribution in [3.63, 3.8) is 0 Å². The molecule has 0 aromatic heterocycles. The SMILES string of the molecule is CC(C)c1ccc(C[NH+]2CCN(C(=O)C[C@H]3Sc4ccccc4NC3=O)CC2)cc1. The molecule has 0 radical (unpaired) electrons. The zero-order chi connectivity index (χ0) is 21.1. The van der Waals surface area contributed by atoms with Gasteiger partial charge in [-0.3, -0.25) is 9.59 Å². The van der Waals surface area contributed by atoms with Crippen LogP contribution in [-0.4, -0.2) is 48.1 Å². The molecule has 2 aromatic carbocycles. The van der Waals surface area contributed by atoms with Gasteiger partial charge in [0, 0.05) is 16.9 Å². The molecule has 1 saturated heterocycles. The minimum Gasteiger partial charge on any atom is -0.331 e. The molecule has 2 aliphatic rings. The summed E-state index contributed by atoms with van der Waals surface area (Å²) in [5.41, 5.74) is 3.56. The van der Waals surface area contributed by atoms with Gasteiger partial charge in [0.25, 0.3) is 0 Å². The number of anilines is 1. The molecule has 2 aromatic rings. The van der Waals surface area contributed by atoms with E-state index in [1.165, 1.54) is 27.8 Å². The van der Waals surface area contributed by atoms with E-state index in [0.717, 1.165) is 43.3 Å². The van der Waals surface area contributed by atoms with Crippen molar-refractivity contribution in [3.05, 3.63) is 59.7 Å². The number of fused-ring (bicyclic) bond motifs is 1. The molecular formula is C24H30N3O2S+. The summed E-state index contributed by atoms with van der Waals surface area (Å²) in [5, 5.41) is 2.58. The molecule has 30 heavy (non-hydrogen) atoms. The van der Waals surface area contributed by atoms with Gasteiger partial charge < -0.3 is 15.1 Å². The first-order valence-corrected chi connectivity index (χ1v) is 11.6. The second-order valence-electron chi connectivity index (χ2n) is 8.50. The van der Waals surface area contributed by atoms with Crippen molar-refractivity contribution in [2.24, 2.45) is 0 Å². The molecule has 2 amide bonds. The lowest BCUT2D eigenvalue weighted by atomic mass is 10.0. The number of carbonyl (C=O) groups is 2. The molecule has 0 bridgehead atoms. The molecule has 1 atom stereocenters. The molecule has 5 nitrogen and oxygen atoms in total. The summed E-state index contributed by atoms with van der Waals surface area (Å²) in [6, 6.07) is 16.7. The van der Waals surface area contributed by atoms with Crippen LogP contribution in [0, 0.1) is 0 Å². The Hall–Kier alpha value is -2.31. The van der Waals surface area contributed by atoms with Crippen LogP contribution in [0.5, 0.6) is 0 Å². The fraction of sp³-hybridized carbons (Fsp3) is 0.417. The average molecular weight is 425 g/mol. The number of piperazine rings is 1. The highest BCUT2D eigenvalue weighted by Gasteiger charge is 2.32. The van der Waals surface area contributed by atoms with E-state index in [4.69, 9.17) is 0 Å². The fourth-order valence-electron chi connectivity index (χ4n) is 4.07. The topological polar surface area (TPSA) is 53.9 Å². The molecule has 0 unspecified atom stereocenters. The first-order valence-electron chi connectivity index (χ1n) is 10.8. The number of benzene rings is 2. The molecule has 1 fully saturated rings. The Morgan fingerprint density at radius 2 is 1.83 bits per heavy atom. The van der Waals surface area contributed by atoms with E-state index in [1.807, 2.05) is 29.2 Å². The maximum absolute atomic E-state index is 12.8.